The summed E-state index contributed by atoms with van der Waals surface area (Å²) in [5.41, 5.74) is 3.85. The molecule has 1 heterocycles. The van der Waals surface area contributed by atoms with Crippen molar-refractivity contribution >= 4 is 5.91 Å². The van der Waals surface area contributed by atoms with Gasteiger partial charge in [-0.1, -0.05) is 18.2 Å². The van der Waals surface area contributed by atoms with Crippen LogP contribution in [0.15, 0.2) is 18.2 Å². The highest BCUT2D eigenvalue weighted by atomic mass is 16.2. The van der Waals surface area contributed by atoms with Gasteiger partial charge in [0.25, 0.3) is 0 Å². The van der Waals surface area contributed by atoms with E-state index in [4.69, 9.17) is 0 Å². The molecule has 3 heteroatoms. The van der Waals surface area contributed by atoms with Crippen molar-refractivity contribution in [2.24, 2.45) is 0 Å². The predicted octanol–water partition coefficient (Wildman–Crippen LogP) is 2.40. The van der Waals surface area contributed by atoms with E-state index in [0.29, 0.717) is 0 Å². The summed E-state index contributed by atoms with van der Waals surface area (Å²) in [5.74, 6) is 0.237. The monoisotopic (exact) mass is 260 g/mol. The van der Waals surface area contributed by atoms with Crippen LogP contribution in [0.1, 0.15) is 36.5 Å². The Morgan fingerprint density at radius 1 is 1.26 bits per heavy atom. The quantitative estimate of drug-likeness (QED) is 0.901. The second-order valence-corrected chi connectivity index (χ2v) is 5.55. The number of benzene rings is 1. The molecule has 1 aromatic carbocycles. The van der Waals surface area contributed by atoms with E-state index in [0.717, 1.165) is 32.5 Å². The summed E-state index contributed by atoms with van der Waals surface area (Å²) in [6.45, 7) is 8.80. The summed E-state index contributed by atoms with van der Waals surface area (Å²) in [7, 11) is 0. The fourth-order valence-electron chi connectivity index (χ4n) is 2.48. The number of aryl methyl sites for hydroxylation is 2. The van der Waals surface area contributed by atoms with Crippen LogP contribution in [-0.2, 0) is 11.3 Å². The largest absolute Gasteiger partial charge is 0.341 e. The molecule has 1 N–H and O–H groups in total. The fraction of sp³-hybridized carbons (Fsp3) is 0.562. The zero-order chi connectivity index (χ0) is 13.8. The summed E-state index contributed by atoms with van der Waals surface area (Å²) in [6.07, 6.45) is 2.30. The van der Waals surface area contributed by atoms with E-state index < -0.39 is 0 Å². The molecule has 1 saturated heterocycles. The lowest BCUT2D eigenvalue weighted by atomic mass is 10.1. The second kappa shape index (κ2) is 6.20. The molecule has 0 radical (unpaired) electrons. The summed E-state index contributed by atoms with van der Waals surface area (Å²) in [4.78, 5) is 14.1. The number of hydrogen-bond donors (Lipinski definition) is 1. The van der Waals surface area contributed by atoms with Crippen LogP contribution in [0.25, 0.3) is 0 Å². The highest BCUT2D eigenvalue weighted by Gasteiger charge is 2.22. The van der Waals surface area contributed by atoms with Gasteiger partial charge in [-0.2, -0.15) is 0 Å². The molecular weight excluding hydrogens is 236 g/mol. The molecule has 3 nitrogen and oxygen atoms in total. The minimum absolute atomic E-state index is 0.0975. The van der Waals surface area contributed by atoms with Gasteiger partial charge in [0.1, 0.15) is 0 Å². The highest BCUT2D eigenvalue weighted by Crippen LogP contribution is 2.11. The topological polar surface area (TPSA) is 32.3 Å². The van der Waals surface area contributed by atoms with Gasteiger partial charge in [0.05, 0.1) is 6.04 Å². The van der Waals surface area contributed by atoms with E-state index in [1.165, 1.54) is 16.7 Å². The molecule has 1 atom stereocenters. The van der Waals surface area contributed by atoms with Crippen LogP contribution in [0.5, 0.6) is 0 Å². The number of nitrogens with one attached hydrogen (secondary N) is 1. The van der Waals surface area contributed by atoms with E-state index in [2.05, 4.69) is 37.4 Å². The Labute approximate surface area is 116 Å². The summed E-state index contributed by atoms with van der Waals surface area (Å²) in [6, 6.07) is 6.36. The van der Waals surface area contributed by atoms with Crippen molar-refractivity contribution in [3.63, 3.8) is 0 Å². The van der Waals surface area contributed by atoms with Crippen LogP contribution in [0.3, 0.4) is 0 Å². The number of carbonyl (C=O) groups is 1. The molecule has 1 aliphatic heterocycles. The summed E-state index contributed by atoms with van der Waals surface area (Å²) >= 11 is 0. The zero-order valence-electron chi connectivity index (χ0n) is 12.2. The molecular formula is C16H24N2O. The van der Waals surface area contributed by atoms with Gasteiger partial charge in [-0.3, -0.25) is 4.79 Å². The van der Waals surface area contributed by atoms with Gasteiger partial charge in [-0.25, -0.2) is 0 Å². The first-order valence-electron chi connectivity index (χ1n) is 7.16. The maximum atomic E-state index is 12.2. The third-order valence-electron chi connectivity index (χ3n) is 3.97. The zero-order valence-corrected chi connectivity index (χ0v) is 12.2. The Kier molecular flexibility index (Phi) is 4.59. The number of nitrogens with zero attached hydrogens (tertiary/aromatic N) is 1. The lowest BCUT2D eigenvalue weighted by molar-refractivity contribution is -0.131. The smallest absolute Gasteiger partial charge is 0.239 e. The Balaban J connectivity index is 1.87. The highest BCUT2D eigenvalue weighted by molar-refractivity contribution is 5.81. The molecule has 1 amide bonds. The summed E-state index contributed by atoms with van der Waals surface area (Å²) in [5, 5.41) is 3.33. The van der Waals surface area contributed by atoms with Gasteiger partial charge in [0.2, 0.25) is 5.91 Å². The Morgan fingerprint density at radius 2 is 1.95 bits per heavy atom. The fourth-order valence-corrected chi connectivity index (χ4v) is 2.48. The van der Waals surface area contributed by atoms with Gasteiger partial charge < -0.3 is 10.2 Å². The Hall–Kier alpha value is -1.35. The molecule has 1 aromatic rings. The van der Waals surface area contributed by atoms with Crippen molar-refractivity contribution in [1.82, 2.24) is 10.2 Å². The molecule has 1 unspecified atom stereocenters. The van der Waals surface area contributed by atoms with Crippen molar-refractivity contribution in [2.45, 2.75) is 46.2 Å². The van der Waals surface area contributed by atoms with E-state index in [-0.39, 0.29) is 11.9 Å². The normalized spacial score (nSPS) is 16.7. The molecule has 0 aliphatic carbocycles. The first kappa shape index (κ1) is 14.1. The lowest BCUT2D eigenvalue weighted by Crippen LogP contribution is -2.43. The van der Waals surface area contributed by atoms with E-state index in [9.17, 15) is 4.79 Å². The number of hydrogen-bond acceptors (Lipinski definition) is 2. The van der Waals surface area contributed by atoms with Gasteiger partial charge in [0.15, 0.2) is 0 Å². The number of amides is 1. The molecule has 1 fully saturated rings. The third kappa shape index (κ3) is 3.57. The molecule has 2 rings (SSSR count). The van der Waals surface area contributed by atoms with Crippen LogP contribution in [0, 0.1) is 13.8 Å². The first-order chi connectivity index (χ1) is 9.08. The molecule has 104 valence electrons. The van der Waals surface area contributed by atoms with Crippen molar-refractivity contribution in [3.05, 3.63) is 34.9 Å². The third-order valence-corrected chi connectivity index (χ3v) is 3.97. The first-order valence-corrected chi connectivity index (χ1v) is 7.16. The number of carbonyl (C=O) groups excluding carboxylic acids is 1. The van der Waals surface area contributed by atoms with Crippen molar-refractivity contribution < 1.29 is 4.79 Å². The number of likely N-dealkylation sites (tertiary alicyclic amines) is 1. The molecule has 0 spiro atoms. The van der Waals surface area contributed by atoms with Crippen LogP contribution in [-0.4, -0.2) is 29.9 Å². The van der Waals surface area contributed by atoms with Crippen molar-refractivity contribution in [3.8, 4) is 0 Å². The van der Waals surface area contributed by atoms with Crippen LogP contribution >= 0.6 is 0 Å². The maximum absolute atomic E-state index is 12.2. The molecule has 0 saturated carbocycles. The lowest BCUT2D eigenvalue weighted by Gasteiger charge is -2.21. The van der Waals surface area contributed by atoms with Crippen LogP contribution in [0.2, 0.25) is 0 Å². The molecule has 19 heavy (non-hydrogen) atoms. The van der Waals surface area contributed by atoms with Crippen LogP contribution in [0.4, 0.5) is 0 Å². The molecule has 0 bridgehead atoms. The molecule has 1 aliphatic rings. The van der Waals surface area contributed by atoms with Crippen molar-refractivity contribution in [2.75, 3.05) is 13.1 Å². The number of rotatable bonds is 4. The van der Waals surface area contributed by atoms with Gasteiger partial charge >= 0.3 is 0 Å². The van der Waals surface area contributed by atoms with Gasteiger partial charge in [0, 0.05) is 19.6 Å². The van der Waals surface area contributed by atoms with E-state index in [1.807, 2.05) is 11.8 Å². The Morgan fingerprint density at radius 3 is 2.58 bits per heavy atom. The maximum Gasteiger partial charge on any atom is 0.239 e. The standard InChI is InChI=1S/C16H24N2O/c1-12-6-7-15(10-13(12)2)11-17-14(3)16(19)18-8-4-5-9-18/h6-7,10,14,17H,4-5,8-9,11H2,1-3H3. The Bertz CT molecular complexity index is 450. The predicted molar refractivity (Wildman–Crippen MR) is 78.0 cm³/mol. The van der Waals surface area contributed by atoms with E-state index in [1.54, 1.807) is 0 Å². The van der Waals surface area contributed by atoms with Crippen LogP contribution < -0.4 is 5.32 Å². The van der Waals surface area contributed by atoms with Gasteiger partial charge in [-0.05, 0) is 50.3 Å². The summed E-state index contributed by atoms with van der Waals surface area (Å²) < 4.78 is 0. The average molecular weight is 260 g/mol. The SMILES string of the molecule is Cc1ccc(CNC(C)C(=O)N2CCCC2)cc1C. The average Bonchev–Trinajstić information content (AvgIpc) is 2.93. The minimum Gasteiger partial charge on any atom is -0.341 e. The molecule has 0 aromatic heterocycles. The second-order valence-electron chi connectivity index (χ2n) is 5.55. The van der Waals surface area contributed by atoms with Gasteiger partial charge in [-0.15, -0.1) is 0 Å². The van der Waals surface area contributed by atoms with E-state index >= 15 is 0 Å². The van der Waals surface area contributed by atoms with Crippen molar-refractivity contribution in [1.29, 1.82) is 0 Å². The minimum atomic E-state index is -0.0975.